The molecule has 1 saturated heterocycles. The van der Waals surface area contributed by atoms with Gasteiger partial charge in [-0.15, -0.1) is 0 Å². The predicted octanol–water partition coefficient (Wildman–Crippen LogP) is 2.75. The number of aryl methyl sites for hydroxylation is 1. The average molecular weight is 462 g/mol. The van der Waals surface area contributed by atoms with E-state index in [0.29, 0.717) is 41.6 Å². The second-order valence-electron chi connectivity index (χ2n) is 8.09. The smallest absolute Gasteiger partial charge is 0.257 e. The molecule has 34 heavy (non-hydrogen) atoms. The zero-order chi connectivity index (χ0) is 23.7. The van der Waals surface area contributed by atoms with Gasteiger partial charge in [-0.1, -0.05) is 12.1 Å². The largest absolute Gasteiger partial charge is 0.491 e. The summed E-state index contributed by atoms with van der Waals surface area (Å²) in [6, 6.07) is 9.01. The number of aromatic nitrogens is 5. The lowest BCUT2D eigenvalue weighted by Crippen LogP contribution is -2.42. The molecule has 0 unspecified atom stereocenters. The van der Waals surface area contributed by atoms with Gasteiger partial charge in [0.25, 0.3) is 5.91 Å². The van der Waals surface area contributed by atoms with E-state index in [1.165, 1.54) is 10.9 Å². The number of halogens is 1. The molecule has 4 aromatic rings. The maximum Gasteiger partial charge on any atom is 0.257 e. The number of imidazole rings is 1. The van der Waals surface area contributed by atoms with Gasteiger partial charge in [-0.05, 0) is 24.6 Å². The number of rotatable bonds is 8. The van der Waals surface area contributed by atoms with Crippen molar-refractivity contribution in [3.63, 3.8) is 0 Å². The lowest BCUT2D eigenvalue weighted by Gasteiger charge is -2.30. The number of nitrogens with zero attached hydrogens (tertiary/aromatic N) is 6. The van der Waals surface area contributed by atoms with Crippen LogP contribution in [-0.4, -0.2) is 67.1 Å². The molecular formula is C24H23FN6O3. The predicted molar refractivity (Wildman–Crippen MR) is 122 cm³/mol. The molecule has 1 aliphatic heterocycles. The van der Waals surface area contributed by atoms with E-state index in [-0.39, 0.29) is 30.4 Å². The van der Waals surface area contributed by atoms with E-state index in [1.807, 2.05) is 18.3 Å². The Balaban J connectivity index is 1.37. The molecular weight excluding hydrogens is 439 g/mol. The number of ketones is 1. The molecule has 1 aromatic carbocycles. The minimum absolute atomic E-state index is 0.00440. The van der Waals surface area contributed by atoms with Crippen LogP contribution >= 0.6 is 0 Å². The molecule has 174 valence electrons. The van der Waals surface area contributed by atoms with Crippen LogP contribution in [0, 0.1) is 0 Å². The first-order valence-corrected chi connectivity index (χ1v) is 11.0. The molecule has 10 heteroatoms. The first kappa shape index (κ1) is 21.7. The monoisotopic (exact) mass is 462 g/mol. The highest BCUT2D eigenvalue weighted by molar-refractivity contribution is 6.07. The molecule has 0 spiro atoms. The van der Waals surface area contributed by atoms with Crippen LogP contribution in [0.2, 0.25) is 0 Å². The first-order valence-electron chi connectivity index (χ1n) is 11.0. The van der Waals surface area contributed by atoms with Crippen molar-refractivity contribution < 1.29 is 18.7 Å². The topological polar surface area (TPSA) is 94.6 Å². The average Bonchev–Trinajstić information content (AvgIpc) is 3.40. The highest BCUT2D eigenvalue weighted by Gasteiger charge is 2.28. The number of hydrogen-bond acceptors (Lipinski definition) is 6. The van der Waals surface area contributed by atoms with Crippen LogP contribution in [0.15, 0.2) is 48.9 Å². The van der Waals surface area contributed by atoms with Gasteiger partial charge in [0.2, 0.25) is 5.78 Å². The van der Waals surface area contributed by atoms with Crippen molar-refractivity contribution >= 4 is 17.5 Å². The summed E-state index contributed by atoms with van der Waals surface area (Å²) in [7, 11) is 1.66. The second-order valence-corrected chi connectivity index (χ2v) is 8.09. The number of alkyl halides is 1. The molecule has 1 fully saturated rings. The molecule has 4 heterocycles. The summed E-state index contributed by atoms with van der Waals surface area (Å²) in [5.74, 6) is 0.607. The summed E-state index contributed by atoms with van der Waals surface area (Å²) in [4.78, 5) is 36.6. The van der Waals surface area contributed by atoms with Crippen molar-refractivity contribution in [2.45, 2.75) is 12.8 Å². The van der Waals surface area contributed by atoms with Crippen molar-refractivity contribution in [2.75, 3.05) is 26.4 Å². The number of Topliss-reactive ketones (excluding diaryl/α,β-unsaturated/α-hetero) is 1. The third-order valence-corrected chi connectivity index (χ3v) is 5.78. The van der Waals surface area contributed by atoms with Crippen LogP contribution in [0.4, 0.5) is 4.39 Å². The molecule has 3 aromatic heterocycles. The van der Waals surface area contributed by atoms with E-state index >= 15 is 0 Å². The van der Waals surface area contributed by atoms with E-state index in [0.717, 1.165) is 12.0 Å². The fourth-order valence-corrected chi connectivity index (χ4v) is 3.91. The number of amides is 1. The highest BCUT2D eigenvalue weighted by Crippen LogP contribution is 2.24. The molecule has 0 aliphatic carbocycles. The lowest BCUT2D eigenvalue weighted by atomic mass is 10.1. The van der Waals surface area contributed by atoms with E-state index in [4.69, 9.17) is 4.74 Å². The van der Waals surface area contributed by atoms with E-state index in [1.54, 1.807) is 40.7 Å². The molecule has 1 aliphatic rings. The summed E-state index contributed by atoms with van der Waals surface area (Å²) in [6.45, 7) is 0.839. The zero-order valence-electron chi connectivity index (χ0n) is 18.6. The van der Waals surface area contributed by atoms with E-state index in [2.05, 4.69) is 15.1 Å². The minimum atomic E-state index is -0.559. The normalized spacial score (nSPS) is 13.2. The van der Waals surface area contributed by atoms with Gasteiger partial charge in [0, 0.05) is 38.1 Å². The maximum absolute atomic E-state index is 13.1. The second kappa shape index (κ2) is 9.05. The molecule has 1 amide bonds. The Hall–Kier alpha value is -4.08. The van der Waals surface area contributed by atoms with Gasteiger partial charge < -0.3 is 9.64 Å². The number of carbonyl (C=O) groups excluding carboxylic acids is 2. The van der Waals surface area contributed by atoms with Crippen LogP contribution in [0.3, 0.4) is 0 Å². The number of likely N-dealkylation sites (tertiary alicyclic amines) is 1. The van der Waals surface area contributed by atoms with E-state index < -0.39 is 6.67 Å². The molecule has 9 nitrogen and oxygen atoms in total. The highest BCUT2D eigenvalue weighted by atomic mass is 19.1. The van der Waals surface area contributed by atoms with Gasteiger partial charge in [-0.2, -0.15) is 5.10 Å². The fourth-order valence-electron chi connectivity index (χ4n) is 3.91. The Morgan fingerprint density at radius 2 is 2.03 bits per heavy atom. The molecule has 0 saturated carbocycles. The third kappa shape index (κ3) is 4.14. The number of benzene rings is 1. The van der Waals surface area contributed by atoms with Gasteiger partial charge in [0.15, 0.2) is 5.78 Å². The Kier molecular flexibility index (Phi) is 5.79. The Labute approximate surface area is 194 Å². The number of carbonyl (C=O) groups is 2. The Bertz CT molecular complexity index is 1370. The lowest BCUT2D eigenvalue weighted by molar-refractivity contribution is 0.0647. The summed E-state index contributed by atoms with van der Waals surface area (Å²) >= 11 is 0. The third-order valence-electron chi connectivity index (χ3n) is 5.78. The van der Waals surface area contributed by atoms with Crippen LogP contribution in [0.25, 0.3) is 17.0 Å². The molecule has 0 bridgehead atoms. The van der Waals surface area contributed by atoms with Gasteiger partial charge in [0.05, 0.1) is 29.6 Å². The van der Waals surface area contributed by atoms with Gasteiger partial charge in [-0.25, -0.2) is 14.4 Å². The number of hydrogen-bond donors (Lipinski definition) is 0. The van der Waals surface area contributed by atoms with Crippen molar-refractivity contribution in [2.24, 2.45) is 7.05 Å². The van der Waals surface area contributed by atoms with Crippen molar-refractivity contribution in [3.8, 4) is 17.0 Å². The SMILES string of the molecule is Cn1ncc(C(=O)N2CCC2)c1C(=O)Cc1ccn2cc(-c3cccc(OCCF)c3)nc2n1. The summed E-state index contributed by atoms with van der Waals surface area (Å²) < 4.78 is 21.0. The van der Waals surface area contributed by atoms with Crippen LogP contribution < -0.4 is 4.74 Å². The molecule has 0 atom stereocenters. The molecule has 0 N–H and O–H groups in total. The number of fused-ring (bicyclic) bond motifs is 1. The van der Waals surface area contributed by atoms with Crippen molar-refractivity contribution in [1.82, 2.24) is 29.0 Å². The summed E-state index contributed by atoms with van der Waals surface area (Å²) in [6.07, 6.45) is 6.07. The van der Waals surface area contributed by atoms with Crippen molar-refractivity contribution in [3.05, 3.63) is 65.9 Å². The maximum atomic E-state index is 13.1. The summed E-state index contributed by atoms with van der Waals surface area (Å²) in [5, 5.41) is 4.13. The fraction of sp³-hybridized carbons (Fsp3) is 0.292. The van der Waals surface area contributed by atoms with Crippen LogP contribution in [-0.2, 0) is 13.5 Å². The Morgan fingerprint density at radius 3 is 2.79 bits per heavy atom. The summed E-state index contributed by atoms with van der Waals surface area (Å²) in [5.41, 5.74) is 2.64. The van der Waals surface area contributed by atoms with Gasteiger partial charge >= 0.3 is 0 Å². The number of ether oxygens (including phenoxy) is 1. The van der Waals surface area contributed by atoms with Crippen molar-refractivity contribution in [1.29, 1.82) is 0 Å². The van der Waals surface area contributed by atoms with Gasteiger partial charge in [-0.3, -0.25) is 18.7 Å². The standard InChI is InChI=1S/C24H23FN6O3/c1-29-22(19(14-26-29)23(33)30-8-3-9-30)21(32)13-17-6-10-31-15-20(28-24(31)27-17)16-4-2-5-18(12-16)34-11-7-25/h2,4-6,10,12,14-15H,3,7-9,11,13H2,1H3. The first-order chi connectivity index (χ1) is 16.5. The molecule has 0 radical (unpaired) electrons. The quantitative estimate of drug-likeness (QED) is 0.374. The van der Waals surface area contributed by atoms with Crippen LogP contribution in [0.1, 0.15) is 33.0 Å². The van der Waals surface area contributed by atoms with Crippen LogP contribution in [0.5, 0.6) is 5.75 Å². The van der Waals surface area contributed by atoms with E-state index in [9.17, 15) is 14.0 Å². The molecule has 5 rings (SSSR count). The zero-order valence-corrected chi connectivity index (χ0v) is 18.6. The minimum Gasteiger partial charge on any atom is -0.491 e. The van der Waals surface area contributed by atoms with Gasteiger partial charge in [0.1, 0.15) is 24.7 Å². The Morgan fingerprint density at radius 1 is 1.18 bits per heavy atom.